The molecule has 26 heavy (non-hydrogen) atoms. The zero-order chi connectivity index (χ0) is 18.0. The lowest BCUT2D eigenvalue weighted by molar-refractivity contribution is 0.0374. The summed E-state index contributed by atoms with van der Waals surface area (Å²) < 4.78 is 5.35. The fourth-order valence-corrected chi connectivity index (χ4v) is 3.54. The third-order valence-corrected chi connectivity index (χ3v) is 5.25. The van der Waals surface area contributed by atoms with Crippen LogP contribution in [0.4, 0.5) is 4.79 Å². The minimum atomic E-state index is 0.0923. The molecule has 0 atom stereocenters. The number of ether oxygens (including phenoxy) is 1. The minimum absolute atomic E-state index is 0.0923. The van der Waals surface area contributed by atoms with Crippen LogP contribution in [0.3, 0.4) is 0 Å². The van der Waals surface area contributed by atoms with Crippen molar-refractivity contribution in [2.24, 2.45) is 0 Å². The first-order chi connectivity index (χ1) is 12.8. The van der Waals surface area contributed by atoms with E-state index in [0.717, 1.165) is 85.0 Å². The van der Waals surface area contributed by atoms with Gasteiger partial charge in [0.1, 0.15) is 0 Å². The zero-order valence-electron chi connectivity index (χ0n) is 15.7. The fourth-order valence-electron chi connectivity index (χ4n) is 3.54. The van der Waals surface area contributed by atoms with Gasteiger partial charge in [-0.3, -0.25) is 9.80 Å². The lowest BCUT2D eigenvalue weighted by atomic mass is 10.1. The summed E-state index contributed by atoms with van der Waals surface area (Å²) >= 11 is 0. The van der Waals surface area contributed by atoms with E-state index in [4.69, 9.17) is 4.74 Å². The number of carbonyl (C=O) groups is 1. The van der Waals surface area contributed by atoms with Gasteiger partial charge in [0.05, 0.1) is 13.2 Å². The van der Waals surface area contributed by atoms with Crippen molar-refractivity contribution in [3.63, 3.8) is 0 Å². The number of nitrogens with zero attached hydrogens (tertiary/aromatic N) is 3. The molecule has 0 aromatic heterocycles. The molecule has 3 rings (SSSR count). The molecule has 2 aliphatic rings. The number of urea groups is 1. The highest BCUT2D eigenvalue weighted by Crippen LogP contribution is 2.06. The van der Waals surface area contributed by atoms with E-state index < -0.39 is 0 Å². The molecule has 0 bridgehead atoms. The average molecular weight is 361 g/mol. The van der Waals surface area contributed by atoms with E-state index >= 15 is 0 Å². The summed E-state index contributed by atoms with van der Waals surface area (Å²) in [5.41, 5.74) is 1.38. The van der Waals surface area contributed by atoms with Gasteiger partial charge < -0.3 is 15.0 Å². The number of nitrogens with one attached hydrogen (secondary N) is 1. The second-order valence-electron chi connectivity index (χ2n) is 7.10. The second-order valence-corrected chi connectivity index (χ2v) is 7.10. The van der Waals surface area contributed by atoms with Gasteiger partial charge in [-0.05, 0) is 24.9 Å². The lowest BCUT2D eigenvalue weighted by Crippen LogP contribution is -2.52. The van der Waals surface area contributed by atoms with Gasteiger partial charge in [0.15, 0.2) is 0 Å². The predicted molar refractivity (Wildman–Crippen MR) is 103 cm³/mol. The monoisotopic (exact) mass is 360 g/mol. The molecule has 2 amide bonds. The van der Waals surface area contributed by atoms with Gasteiger partial charge in [-0.2, -0.15) is 0 Å². The first-order valence-corrected chi connectivity index (χ1v) is 9.90. The van der Waals surface area contributed by atoms with Crippen LogP contribution in [-0.2, 0) is 11.2 Å². The van der Waals surface area contributed by atoms with E-state index in [-0.39, 0.29) is 6.03 Å². The molecule has 6 nitrogen and oxygen atoms in total. The molecule has 0 spiro atoms. The maximum absolute atomic E-state index is 12.3. The highest BCUT2D eigenvalue weighted by molar-refractivity contribution is 5.74. The molecule has 0 saturated carbocycles. The third-order valence-electron chi connectivity index (χ3n) is 5.25. The largest absolute Gasteiger partial charge is 0.379 e. The van der Waals surface area contributed by atoms with Crippen LogP contribution < -0.4 is 5.32 Å². The van der Waals surface area contributed by atoms with Crippen LogP contribution in [0.25, 0.3) is 0 Å². The van der Waals surface area contributed by atoms with Crippen LogP contribution in [0.15, 0.2) is 30.3 Å². The lowest BCUT2D eigenvalue weighted by Gasteiger charge is -2.34. The van der Waals surface area contributed by atoms with Gasteiger partial charge in [-0.25, -0.2) is 4.79 Å². The van der Waals surface area contributed by atoms with Crippen LogP contribution >= 0.6 is 0 Å². The number of piperazine rings is 1. The van der Waals surface area contributed by atoms with E-state index in [1.54, 1.807) is 0 Å². The van der Waals surface area contributed by atoms with Crippen LogP contribution in [0.2, 0.25) is 0 Å². The van der Waals surface area contributed by atoms with Crippen LogP contribution in [-0.4, -0.2) is 92.8 Å². The number of benzene rings is 1. The van der Waals surface area contributed by atoms with Gasteiger partial charge in [-0.1, -0.05) is 30.3 Å². The first-order valence-electron chi connectivity index (χ1n) is 9.90. The molecule has 0 aliphatic carbocycles. The Morgan fingerprint density at radius 3 is 2.35 bits per heavy atom. The summed E-state index contributed by atoms with van der Waals surface area (Å²) in [6.07, 6.45) is 2.08. The molecule has 1 aromatic carbocycles. The van der Waals surface area contributed by atoms with Crippen molar-refractivity contribution in [2.45, 2.75) is 12.8 Å². The number of hydrogen-bond donors (Lipinski definition) is 1. The summed E-state index contributed by atoms with van der Waals surface area (Å²) in [4.78, 5) is 19.1. The molecule has 1 aromatic rings. The fraction of sp³-hybridized carbons (Fsp3) is 0.650. The summed E-state index contributed by atoms with van der Waals surface area (Å²) in [7, 11) is 0. The van der Waals surface area contributed by atoms with Crippen molar-refractivity contribution in [2.75, 3.05) is 72.1 Å². The van der Waals surface area contributed by atoms with Crippen LogP contribution in [0.1, 0.15) is 12.0 Å². The molecule has 2 heterocycles. The van der Waals surface area contributed by atoms with Gasteiger partial charge in [0.25, 0.3) is 0 Å². The molecule has 2 aliphatic heterocycles. The number of hydrogen-bond acceptors (Lipinski definition) is 4. The smallest absolute Gasteiger partial charge is 0.317 e. The summed E-state index contributed by atoms with van der Waals surface area (Å²) in [6.45, 7) is 10.1. The van der Waals surface area contributed by atoms with Crippen molar-refractivity contribution in [3.8, 4) is 0 Å². The molecule has 6 heteroatoms. The molecule has 0 unspecified atom stereocenters. The van der Waals surface area contributed by atoms with E-state index in [1.807, 2.05) is 4.90 Å². The van der Waals surface area contributed by atoms with Crippen LogP contribution in [0, 0.1) is 0 Å². The number of carbonyl (C=O) groups excluding carboxylic acids is 1. The van der Waals surface area contributed by atoms with E-state index in [2.05, 4.69) is 45.4 Å². The molecule has 2 saturated heterocycles. The van der Waals surface area contributed by atoms with Crippen molar-refractivity contribution in [1.82, 2.24) is 20.0 Å². The molecule has 2 fully saturated rings. The summed E-state index contributed by atoms with van der Waals surface area (Å²) in [6, 6.07) is 10.7. The van der Waals surface area contributed by atoms with Gasteiger partial charge in [0.2, 0.25) is 0 Å². The Labute approximate surface area is 157 Å². The van der Waals surface area contributed by atoms with Gasteiger partial charge in [-0.15, -0.1) is 0 Å². The maximum atomic E-state index is 12.3. The number of morpholine rings is 1. The molecule has 144 valence electrons. The standard InChI is InChI=1S/C20H32N4O2/c25-20(21-8-4-9-22-15-17-26-18-16-22)24-13-11-23(12-14-24)10-7-19-5-2-1-3-6-19/h1-3,5-6H,4,7-18H2,(H,21,25). The topological polar surface area (TPSA) is 48.1 Å². The first kappa shape index (κ1) is 19.1. The molecule has 0 radical (unpaired) electrons. The van der Waals surface area contributed by atoms with Crippen molar-refractivity contribution in [1.29, 1.82) is 0 Å². The van der Waals surface area contributed by atoms with Gasteiger partial charge in [0, 0.05) is 52.4 Å². The highest BCUT2D eigenvalue weighted by Gasteiger charge is 2.20. The molecular formula is C20H32N4O2. The molecular weight excluding hydrogens is 328 g/mol. The zero-order valence-corrected chi connectivity index (χ0v) is 15.7. The maximum Gasteiger partial charge on any atom is 0.317 e. The minimum Gasteiger partial charge on any atom is -0.379 e. The number of amides is 2. The highest BCUT2D eigenvalue weighted by atomic mass is 16.5. The Kier molecular flexibility index (Phi) is 7.73. The Balaban J connectivity index is 1.26. The number of rotatable bonds is 7. The summed E-state index contributed by atoms with van der Waals surface area (Å²) in [5.74, 6) is 0. The SMILES string of the molecule is O=C(NCCCN1CCOCC1)N1CCN(CCc2ccccc2)CC1. The van der Waals surface area contributed by atoms with Crippen molar-refractivity contribution in [3.05, 3.63) is 35.9 Å². The van der Waals surface area contributed by atoms with E-state index in [1.165, 1.54) is 5.56 Å². The quantitative estimate of drug-likeness (QED) is 0.744. The van der Waals surface area contributed by atoms with Crippen LogP contribution in [0.5, 0.6) is 0 Å². The Bertz CT molecular complexity index is 526. The van der Waals surface area contributed by atoms with Gasteiger partial charge >= 0.3 is 6.03 Å². The Morgan fingerprint density at radius 2 is 1.62 bits per heavy atom. The predicted octanol–water partition coefficient (Wildman–Crippen LogP) is 1.28. The second kappa shape index (κ2) is 10.5. The normalized spacial score (nSPS) is 19.5. The van der Waals surface area contributed by atoms with Crippen molar-refractivity contribution >= 4 is 6.03 Å². The van der Waals surface area contributed by atoms with E-state index in [9.17, 15) is 4.79 Å². The average Bonchev–Trinajstić information content (AvgIpc) is 2.71. The molecule has 1 N–H and O–H groups in total. The third kappa shape index (κ3) is 6.27. The van der Waals surface area contributed by atoms with Crippen molar-refractivity contribution < 1.29 is 9.53 Å². The Hall–Kier alpha value is -1.63. The van der Waals surface area contributed by atoms with E-state index in [0.29, 0.717) is 0 Å². The summed E-state index contributed by atoms with van der Waals surface area (Å²) in [5, 5.41) is 3.08. The Morgan fingerprint density at radius 1 is 0.923 bits per heavy atom.